The van der Waals surface area contributed by atoms with Gasteiger partial charge in [0.25, 0.3) is 0 Å². The second kappa shape index (κ2) is 9.57. The van der Waals surface area contributed by atoms with Gasteiger partial charge in [0.15, 0.2) is 5.96 Å². The Balaban J connectivity index is 1.90. The summed E-state index contributed by atoms with van der Waals surface area (Å²) in [4.78, 5) is 3.99. The maximum absolute atomic E-state index is 12.6. The number of alkyl halides is 5. The van der Waals surface area contributed by atoms with E-state index in [9.17, 15) is 30.4 Å². The number of ether oxygens (including phenoxy) is 1. The van der Waals surface area contributed by atoms with E-state index >= 15 is 0 Å². The Labute approximate surface area is 165 Å². The van der Waals surface area contributed by atoms with Crippen molar-refractivity contribution in [2.45, 2.75) is 37.5 Å². The standard InChI is InChI=1S/C16H21F5N4O3S/c1-22-15(23-10-11-4-2-3-5-13(11)28-14(17)18)24-12-6-8-25(9-7-12)29(26,27)16(19,20)21/h2-5,12,14H,6-10H2,1H3,(H2,22,23,24). The Morgan fingerprint density at radius 3 is 2.45 bits per heavy atom. The van der Waals surface area contributed by atoms with Gasteiger partial charge in [-0.3, -0.25) is 4.99 Å². The number of piperidine rings is 1. The zero-order chi connectivity index (χ0) is 21.7. The first kappa shape index (κ1) is 23.1. The van der Waals surface area contributed by atoms with Crippen LogP contribution >= 0.6 is 0 Å². The minimum Gasteiger partial charge on any atom is -0.434 e. The van der Waals surface area contributed by atoms with Gasteiger partial charge >= 0.3 is 22.1 Å². The van der Waals surface area contributed by atoms with Gasteiger partial charge in [0.1, 0.15) is 5.75 Å². The van der Waals surface area contributed by atoms with Gasteiger partial charge in [0.05, 0.1) is 0 Å². The Morgan fingerprint density at radius 2 is 1.90 bits per heavy atom. The SMILES string of the molecule is CN=C(NCc1ccccc1OC(F)F)NC1CCN(S(=O)(=O)C(F)(F)F)CC1. The Hall–Kier alpha value is -2.15. The van der Waals surface area contributed by atoms with Crippen LogP contribution in [0.25, 0.3) is 0 Å². The van der Waals surface area contributed by atoms with E-state index in [1.165, 1.54) is 13.1 Å². The summed E-state index contributed by atoms with van der Waals surface area (Å²) >= 11 is 0. The highest BCUT2D eigenvalue weighted by Crippen LogP contribution is 2.29. The molecule has 1 aliphatic rings. The zero-order valence-electron chi connectivity index (χ0n) is 15.4. The molecule has 1 aliphatic heterocycles. The van der Waals surface area contributed by atoms with Crippen molar-refractivity contribution in [1.82, 2.24) is 14.9 Å². The van der Waals surface area contributed by atoms with Crippen molar-refractivity contribution < 1.29 is 35.1 Å². The number of guanidine groups is 1. The number of para-hydroxylation sites is 1. The molecule has 1 saturated heterocycles. The number of rotatable bonds is 6. The number of aliphatic imine (C=N–C) groups is 1. The first-order valence-electron chi connectivity index (χ1n) is 8.61. The van der Waals surface area contributed by atoms with Crippen molar-refractivity contribution in [3.05, 3.63) is 29.8 Å². The molecule has 1 aromatic carbocycles. The van der Waals surface area contributed by atoms with Gasteiger partial charge in [-0.15, -0.1) is 0 Å². The Morgan fingerprint density at radius 1 is 1.28 bits per heavy atom. The molecular formula is C16H21F5N4O3S. The summed E-state index contributed by atoms with van der Waals surface area (Å²) in [5.74, 6) is 0.310. The van der Waals surface area contributed by atoms with Gasteiger partial charge in [-0.1, -0.05) is 18.2 Å². The fraction of sp³-hybridized carbons (Fsp3) is 0.562. The number of sulfonamides is 1. The quantitative estimate of drug-likeness (QED) is 0.400. The van der Waals surface area contributed by atoms with Crippen molar-refractivity contribution in [1.29, 1.82) is 0 Å². The lowest BCUT2D eigenvalue weighted by Crippen LogP contribution is -2.51. The molecule has 29 heavy (non-hydrogen) atoms. The minimum absolute atomic E-state index is 0.0103. The highest BCUT2D eigenvalue weighted by atomic mass is 32.2. The third-order valence-electron chi connectivity index (χ3n) is 4.29. The van der Waals surface area contributed by atoms with Gasteiger partial charge in [0, 0.05) is 38.3 Å². The molecule has 13 heteroatoms. The molecule has 0 radical (unpaired) electrons. The zero-order valence-corrected chi connectivity index (χ0v) is 16.2. The van der Waals surface area contributed by atoms with Crippen molar-refractivity contribution in [3.63, 3.8) is 0 Å². The summed E-state index contributed by atoms with van der Waals surface area (Å²) in [5.41, 5.74) is -4.86. The predicted molar refractivity (Wildman–Crippen MR) is 96.0 cm³/mol. The van der Waals surface area contributed by atoms with Crippen LogP contribution in [0, 0.1) is 0 Å². The maximum Gasteiger partial charge on any atom is 0.511 e. The van der Waals surface area contributed by atoms with Gasteiger partial charge in [0.2, 0.25) is 0 Å². The third-order valence-corrected chi connectivity index (χ3v) is 5.92. The largest absolute Gasteiger partial charge is 0.511 e. The summed E-state index contributed by atoms with van der Waals surface area (Å²) in [6.45, 7) is -3.40. The molecule has 0 amide bonds. The van der Waals surface area contributed by atoms with Crippen LogP contribution in [0.2, 0.25) is 0 Å². The van der Waals surface area contributed by atoms with Crippen molar-refractivity contribution in [3.8, 4) is 5.75 Å². The monoisotopic (exact) mass is 444 g/mol. The number of nitrogens with one attached hydrogen (secondary N) is 2. The first-order valence-corrected chi connectivity index (χ1v) is 10.0. The number of nitrogens with zero attached hydrogens (tertiary/aromatic N) is 2. The molecule has 0 unspecified atom stereocenters. The predicted octanol–water partition coefficient (Wildman–Crippen LogP) is 2.27. The first-order chi connectivity index (χ1) is 13.5. The second-order valence-electron chi connectivity index (χ2n) is 6.18. The summed E-state index contributed by atoms with van der Waals surface area (Å²) in [7, 11) is -3.86. The third kappa shape index (κ3) is 6.16. The van der Waals surface area contributed by atoms with Gasteiger partial charge in [-0.2, -0.15) is 26.3 Å². The second-order valence-corrected chi connectivity index (χ2v) is 8.11. The Bertz CT molecular complexity index is 809. The van der Waals surface area contributed by atoms with Crippen LogP contribution < -0.4 is 15.4 Å². The van der Waals surface area contributed by atoms with Crippen LogP contribution in [0.5, 0.6) is 5.75 Å². The molecule has 0 aromatic heterocycles. The minimum atomic E-state index is -5.33. The summed E-state index contributed by atoms with van der Waals surface area (Å²) < 4.78 is 90.5. The molecule has 1 heterocycles. The normalized spacial score (nSPS) is 17.4. The van der Waals surface area contributed by atoms with E-state index in [-0.39, 0.29) is 44.3 Å². The molecule has 0 aliphatic carbocycles. The average Bonchev–Trinajstić information content (AvgIpc) is 2.65. The molecule has 1 aromatic rings. The molecule has 2 rings (SSSR count). The molecule has 164 valence electrons. The van der Waals surface area contributed by atoms with Gasteiger partial charge < -0.3 is 15.4 Å². The van der Waals surface area contributed by atoms with Crippen molar-refractivity contribution >= 4 is 16.0 Å². The highest BCUT2D eigenvalue weighted by molar-refractivity contribution is 7.90. The molecule has 7 nitrogen and oxygen atoms in total. The van der Waals surface area contributed by atoms with Crippen molar-refractivity contribution in [2.24, 2.45) is 4.99 Å². The van der Waals surface area contributed by atoms with E-state index in [1.54, 1.807) is 18.2 Å². The van der Waals surface area contributed by atoms with E-state index in [0.29, 0.717) is 15.8 Å². The highest BCUT2D eigenvalue weighted by Gasteiger charge is 2.50. The molecule has 0 saturated carbocycles. The smallest absolute Gasteiger partial charge is 0.434 e. The lowest BCUT2D eigenvalue weighted by Gasteiger charge is -2.32. The van der Waals surface area contributed by atoms with Crippen LogP contribution in [0.15, 0.2) is 29.3 Å². The molecular weight excluding hydrogens is 423 g/mol. The van der Waals surface area contributed by atoms with Gasteiger partial charge in [-0.25, -0.2) is 8.42 Å². The van der Waals surface area contributed by atoms with E-state index in [1.807, 2.05) is 0 Å². The van der Waals surface area contributed by atoms with Crippen LogP contribution in [-0.2, 0) is 16.6 Å². The van der Waals surface area contributed by atoms with E-state index in [4.69, 9.17) is 0 Å². The summed E-state index contributed by atoms with van der Waals surface area (Å²) in [5, 5.41) is 5.91. The fourth-order valence-corrected chi connectivity index (χ4v) is 3.80. The number of hydrogen-bond donors (Lipinski definition) is 2. The number of hydrogen-bond acceptors (Lipinski definition) is 4. The van der Waals surface area contributed by atoms with Crippen LogP contribution in [0.1, 0.15) is 18.4 Å². The average molecular weight is 444 g/mol. The van der Waals surface area contributed by atoms with E-state index in [2.05, 4.69) is 20.4 Å². The lowest BCUT2D eigenvalue weighted by molar-refractivity contribution is -0.0507. The summed E-state index contributed by atoms with van der Waals surface area (Å²) in [6.07, 6.45) is 0.308. The number of halogens is 5. The molecule has 2 N–H and O–H groups in total. The maximum atomic E-state index is 12.6. The van der Waals surface area contributed by atoms with Crippen molar-refractivity contribution in [2.75, 3.05) is 20.1 Å². The van der Waals surface area contributed by atoms with E-state index < -0.39 is 22.1 Å². The molecule has 1 fully saturated rings. The van der Waals surface area contributed by atoms with Gasteiger partial charge in [-0.05, 0) is 18.9 Å². The fourth-order valence-electron chi connectivity index (χ4n) is 2.81. The Kier molecular flexibility index (Phi) is 7.63. The summed E-state index contributed by atoms with van der Waals surface area (Å²) in [6, 6.07) is 5.90. The van der Waals surface area contributed by atoms with Crippen LogP contribution in [-0.4, -0.2) is 57.0 Å². The molecule has 0 bridgehead atoms. The molecule has 0 atom stereocenters. The number of benzene rings is 1. The topological polar surface area (TPSA) is 83.0 Å². The molecule has 0 spiro atoms. The van der Waals surface area contributed by atoms with E-state index in [0.717, 1.165) is 0 Å². The van der Waals surface area contributed by atoms with Crippen LogP contribution in [0.3, 0.4) is 0 Å². The lowest BCUT2D eigenvalue weighted by atomic mass is 10.1. The van der Waals surface area contributed by atoms with Crippen LogP contribution in [0.4, 0.5) is 22.0 Å².